The lowest BCUT2D eigenvalue weighted by atomic mass is 10.3. The van der Waals surface area contributed by atoms with E-state index in [1.165, 1.54) is 0 Å². The van der Waals surface area contributed by atoms with Crippen molar-refractivity contribution in [2.45, 2.75) is 11.3 Å². The summed E-state index contributed by atoms with van der Waals surface area (Å²) >= 11 is 13.5. The molecule has 0 heterocycles. The van der Waals surface area contributed by atoms with Crippen molar-refractivity contribution in [1.29, 1.82) is 0 Å². The summed E-state index contributed by atoms with van der Waals surface area (Å²) in [7, 11) is 1.79. The van der Waals surface area contributed by atoms with Crippen LogP contribution in [0.4, 0.5) is 11.4 Å². The molecule has 0 aliphatic rings. The fraction of sp³-hybridized carbons (Fsp3) is 0.263. The van der Waals surface area contributed by atoms with Crippen molar-refractivity contribution in [3.63, 3.8) is 0 Å². The van der Waals surface area contributed by atoms with Gasteiger partial charge in [0.05, 0.1) is 22.9 Å². The van der Waals surface area contributed by atoms with Gasteiger partial charge in [-0.3, -0.25) is 14.5 Å². The van der Waals surface area contributed by atoms with Crippen LogP contribution in [0.5, 0.6) is 0 Å². The molecule has 8 heteroatoms. The van der Waals surface area contributed by atoms with E-state index in [0.717, 1.165) is 10.6 Å². The second-order valence-electron chi connectivity index (χ2n) is 5.91. The van der Waals surface area contributed by atoms with E-state index in [1.54, 1.807) is 41.9 Å². The Balaban J connectivity index is 1.79. The summed E-state index contributed by atoms with van der Waals surface area (Å²) in [5.74, 6) is -0.323. The number of amides is 2. The number of halogens is 2. The van der Waals surface area contributed by atoms with Crippen molar-refractivity contribution in [2.24, 2.45) is 0 Å². The predicted molar refractivity (Wildman–Crippen MR) is 114 cm³/mol. The first kappa shape index (κ1) is 21.6. The maximum absolute atomic E-state index is 12.2. The standard InChI is InChI=1S/C19H21Cl2N3O2S/c1-24(12-19(26)22-15-5-3-4-6-17(15)27-2)10-9-18(25)23-16-11-13(20)7-8-14(16)21/h3-8,11H,9-10,12H2,1-2H3,(H,22,26)(H,23,25). The van der Waals surface area contributed by atoms with Crippen molar-refractivity contribution in [2.75, 3.05) is 37.0 Å². The first-order chi connectivity index (χ1) is 12.9. The number of carbonyl (C=O) groups is 2. The lowest BCUT2D eigenvalue weighted by Crippen LogP contribution is -2.32. The smallest absolute Gasteiger partial charge is 0.238 e. The molecule has 2 N–H and O–H groups in total. The number of nitrogens with zero attached hydrogens (tertiary/aromatic N) is 1. The largest absolute Gasteiger partial charge is 0.325 e. The molecule has 0 radical (unpaired) electrons. The van der Waals surface area contributed by atoms with Gasteiger partial charge in [-0.2, -0.15) is 0 Å². The van der Waals surface area contributed by atoms with Crippen LogP contribution < -0.4 is 10.6 Å². The minimum atomic E-state index is -0.195. The molecule has 2 rings (SSSR count). The Kier molecular flexibility index (Phi) is 8.44. The highest BCUT2D eigenvalue weighted by atomic mass is 35.5. The number of hydrogen-bond donors (Lipinski definition) is 2. The van der Waals surface area contributed by atoms with Crippen LogP contribution in [-0.2, 0) is 9.59 Å². The van der Waals surface area contributed by atoms with E-state index in [-0.39, 0.29) is 24.8 Å². The Morgan fingerprint density at radius 2 is 1.74 bits per heavy atom. The minimum Gasteiger partial charge on any atom is -0.325 e. The van der Waals surface area contributed by atoms with E-state index in [9.17, 15) is 9.59 Å². The predicted octanol–water partition coefficient (Wildman–Crippen LogP) is 4.61. The van der Waals surface area contributed by atoms with Gasteiger partial charge in [0.25, 0.3) is 0 Å². The molecule has 0 saturated heterocycles. The number of para-hydroxylation sites is 1. The Hall–Kier alpha value is -1.73. The molecule has 0 aliphatic carbocycles. The SMILES string of the molecule is CSc1ccccc1NC(=O)CN(C)CCC(=O)Nc1cc(Cl)ccc1Cl. The van der Waals surface area contributed by atoms with Crippen LogP contribution in [0.1, 0.15) is 6.42 Å². The van der Waals surface area contributed by atoms with Crippen molar-refractivity contribution >= 4 is 58.2 Å². The van der Waals surface area contributed by atoms with Crippen molar-refractivity contribution < 1.29 is 9.59 Å². The number of nitrogens with one attached hydrogen (secondary N) is 2. The molecule has 0 fully saturated rings. The van der Waals surface area contributed by atoms with Crippen molar-refractivity contribution in [3.8, 4) is 0 Å². The molecule has 0 aliphatic heterocycles. The summed E-state index contributed by atoms with van der Waals surface area (Å²) in [4.78, 5) is 27.1. The quantitative estimate of drug-likeness (QED) is 0.605. The molecule has 0 saturated carbocycles. The van der Waals surface area contributed by atoms with Crippen LogP contribution >= 0.6 is 35.0 Å². The van der Waals surface area contributed by atoms with Gasteiger partial charge in [-0.15, -0.1) is 11.8 Å². The van der Waals surface area contributed by atoms with Crippen molar-refractivity contribution in [1.82, 2.24) is 4.90 Å². The zero-order valence-corrected chi connectivity index (χ0v) is 17.4. The zero-order chi connectivity index (χ0) is 19.8. The highest BCUT2D eigenvalue weighted by Crippen LogP contribution is 2.26. The highest BCUT2D eigenvalue weighted by molar-refractivity contribution is 7.98. The van der Waals surface area contributed by atoms with E-state index in [4.69, 9.17) is 23.2 Å². The fourth-order valence-electron chi connectivity index (χ4n) is 2.36. The second kappa shape index (κ2) is 10.6. The van der Waals surface area contributed by atoms with Gasteiger partial charge >= 0.3 is 0 Å². The number of likely N-dealkylation sites (N-methyl/N-ethyl adjacent to an activating group) is 1. The summed E-state index contributed by atoms with van der Waals surface area (Å²) in [6.45, 7) is 0.621. The van der Waals surface area contributed by atoms with E-state index in [1.807, 2.05) is 30.5 Å². The van der Waals surface area contributed by atoms with Gasteiger partial charge in [-0.05, 0) is 43.6 Å². The van der Waals surface area contributed by atoms with Crippen LogP contribution in [0, 0.1) is 0 Å². The molecule has 0 bridgehead atoms. The second-order valence-corrected chi connectivity index (χ2v) is 7.60. The van der Waals surface area contributed by atoms with Gasteiger partial charge in [0, 0.05) is 22.9 Å². The Morgan fingerprint density at radius 3 is 2.48 bits per heavy atom. The molecular formula is C19H21Cl2N3O2S. The summed E-state index contributed by atoms with van der Waals surface area (Å²) in [5, 5.41) is 6.55. The average molecular weight is 426 g/mol. The minimum absolute atomic E-state index is 0.128. The molecule has 0 atom stereocenters. The van der Waals surface area contributed by atoms with Crippen LogP contribution in [0.2, 0.25) is 10.0 Å². The van der Waals surface area contributed by atoms with E-state index in [0.29, 0.717) is 22.3 Å². The lowest BCUT2D eigenvalue weighted by Gasteiger charge is -2.17. The number of rotatable bonds is 8. The zero-order valence-electron chi connectivity index (χ0n) is 15.1. The van der Waals surface area contributed by atoms with Crippen LogP contribution in [0.25, 0.3) is 0 Å². The van der Waals surface area contributed by atoms with Gasteiger partial charge < -0.3 is 10.6 Å². The first-order valence-electron chi connectivity index (χ1n) is 8.25. The van der Waals surface area contributed by atoms with Gasteiger partial charge in [0.2, 0.25) is 11.8 Å². The number of carbonyl (C=O) groups excluding carboxylic acids is 2. The Bertz CT molecular complexity index is 817. The summed E-state index contributed by atoms with van der Waals surface area (Å²) < 4.78 is 0. The molecule has 0 spiro atoms. The molecule has 0 unspecified atom stereocenters. The number of hydrogen-bond acceptors (Lipinski definition) is 4. The molecule has 2 aromatic rings. The van der Waals surface area contributed by atoms with Crippen molar-refractivity contribution in [3.05, 3.63) is 52.5 Å². The third-order valence-electron chi connectivity index (χ3n) is 3.72. The maximum atomic E-state index is 12.2. The van der Waals surface area contributed by atoms with Gasteiger partial charge in [0.15, 0.2) is 0 Å². The van der Waals surface area contributed by atoms with Crippen LogP contribution in [-0.4, -0.2) is 43.1 Å². The average Bonchev–Trinajstić information content (AvgIpc) is 2.63. The molecule has 2 amide bonds. The monoisotopic (exact) mass is 425 g/mol. The lowest BCUT2D eigenvalue weighted by molar-refractivity contribution is -0.119. The van der Waals surface area contributed by atoms with Gasteiger partial charge in [-0.25, -0.2) is 0 Å². The molecule has 2 aromatic carbocycles. The number of benzene rings is 2. The van der Waals surface area contributed by atoms with Gasteiger partial charge in [0.1, 0.15) is 0 Å². The highest BCUT2D eigenvalue weighted by Gasteiger charge is 2.12. The fourth-order valence-corrected chi connectivity index (χ4v) is 3.25. The molecule has 5 nitrogen and oxygen atoms in total. The third-order valence-corrected chi connectivity index (χ3v) is 5.08. The van der Waals surface area contributed by atoms with Gasteiger partial charge in [-0.1, -0.05) is 35.3 Å². The number of anilines is 2. The molecule has 144 valence electrons. The molecule has 0 aromatic heterocycles. The first-order valence-corrected chi connectivity index (χ1v) is 10.2. The Labute approximate surface area is 173 Å². The van der Waals surface area contributed by atoms with Crippen LogP contribution in [0.15, 0.2) is 47.4 Å². The summed E-state index contributed by atoms with van der Waals surface area (Å²) in [5.41, 5.74) is 1.26. The number of thioether (sulfide) groups is 1. The normalized spacial score (nSPS) is 10.7. The maximum Gasteiger partial charge on any atom is 0.238 e. The van der Waals surface area contributed by atoms with E-state index < -0.39 is 0 Å². The summed E-state index contributed by atoms with van der Waals surface area (Å²) in [6, 6.07) is 12.5. The third kappa shape index (κ3) is 7.07. The Morgan fingerprint density at radius 1 is 1.04 bits per heavy atom. The van der Waals surface area contributed by atoms with Crippen LogP contribution in [0.3, 0.4) is 0 Å². The molecule has 27 heavy (non-hydrogen) atoms. The topological polar surface area (TPSA) is 61.4 Å². The van der Waals surface area contributed by atoms with E-state index >= 15 is 0 Å². The summed E-state index contributed by atoms with van der Waals surface area (Å²) in [6.07, 6.45) is 2.19. The molecular weight excluding hydrogens is 405 g/mol. The van der Waals surface area contributed by atoms with E-state index in [2.05, 4.69) is 10.6 Å².